The molecule has 5 heteroatoms. The topological polar surface area (TPSA) is 59.4 Å². The van der Waals surface area contributed by atoms with E-state index in [2.05, 4.69) is 5.32 Å². The highest BCUT2D eigenvalue weighted by Crippen LogP contribution is 2.35. The summed E-state index contributed by atoms with van der Waals surface area (Å²) in [5.41, 5.74) is 0.656. The second-order valence-electron chi connectivity index (χ2n) is 6.22. The van der Waals surface area contributed by atoms with E-state index >= 15 is 0 Å². The highest BCUT2D eigenvalue weighted by Gasteiger charge is 2.51. The van der Waals surface area contributed by atoms with Crippen molar-refractivity contribution < 1.29 is 4.79 Å². The number of carbonyl (C=O) groups is 1. The van der Waals surface area contributed by atoms with Gasteiger partial charge >= 0.3 is 0 Å². The molecule has 0 unspecified atom stereocenters. The molecule has 1 aliphatic rings. The standard InChI is InChI=1S/C19H22N4O/c1-22(2)13-14-23-17(24)19(21-18(23)20,15-9-5-3-6-10-15)16-11-7-4-8-12-16/h3-12H,13-14H2,1-2H3,(H2,20,21). The molecule has 2 aromatic rings. The summed E-state index contributed by atoms with van der Waals surface area (Å²) >= 11 is 0. The quantitative estimate of drug-likeness (QED) is 0.883. The molecule has 5 nitrogen and oxygen atoms in total. The first-order valence-corrected chi connectivity index (χ1v) is 8.00. The third-order valence-electron chi connectivity index (χ3n) is 4.33. The maximum Gasteiger partial charge on any atom is 0.264 e. The Kier molecular flexibility index (Phi) is 4.36. The van der Waals surface area contributed by atoms with Crippen molar-refractivity contribution in [1.82, 2.24) is 15.1 Å². The Bertz CT molecular complexity index is 688. The van der Waals surface area contributed by atoms with Crippen molar-refractivity contribution in [1.29, 1.82) is 5.41 Å². The van der Waals surface area contributed by atoms with Crippen molar-refractivity contribution in [3.05, 3.63) is 71.8 Å². The van der Waals surface area contributed by atoms with Crippen molar-refractivity contribution in [3.8, 4) is 0 Å². The van der Waals surface area contributed by atoms with Gasteiger partial charge in [-0.3, -0.25) is 15.1 Å². The van der Waals surface area contributed by atoms with Gasteiger partial charge in [-0.05, 0) is 25.2 Å². The molecule has 2 N–H and O–H groups in total. The summed E-state index contributed by atoms with van der Waals surface area (Å²) in [6.07, 6.45) is 0. The van der Waals surface area contributed by atoms with Gasteiger partial charge in [-0.15, -0.1) is 0 Å². The Hall–Kier alpha value is -2.66. The molecule has 1 heterocycles. The Morgan fingerprint density at radius 1 is 1.00 bits per heavy atom. The number of nitrogens with zero attached hydrogens (tertiary/aromatic N) is 2. The molecule has 3 rings (SSSR count). The van der Waals surface area contributed by atoms with Crippen LogP contribution >= 0.6 is 0 Å². The summed E-state index contributed by atoms with van der Waals surface area (Å²) in [5, 5.41) is 11.5. The van der Waals surface area contributed by atoms with Crippen LogP contribution in [0.15, 0.2) is 60.7 Å². The summed E-state index contributed by atoms with van der Waals surface area (Å²) in [7, 11) is 3.92. The predicted octanol–water partition coefficient (Wildman–Crippen LogP) is 1.86. The number of nitrogens with one attached hydrogen (secondary N) is 2. The monoisotopic (exact) mass is 322 g/mol. The number of hydrogen-bond acceptors (Lipinski definition) is 3. The third kappa shape index (κ3) is 2.67. The normalized spacial score (nSPS) is 16.5. The first kappa shape index (κ1) is 16.2. The van der Waals surface area contributed by atoms with E-state index in [0.717, 1.165) is 11.1 Å². The lowest BCUT2D eigenvalue weighted by Gasteiger charge is -2.28. The minimum atomic E-state index is -1.04. The van der Waals surface area contributed by atoms with Gasteiger partial charge in [0.15, 0.2) is 11.5 Å². The van der Waals surface area contributed by atoms with Crippen LogP contribution in [0.25, 0.3) is 0 Å². The Balaban J connectivity index is 2.07. The van der Waals surface area contributed by atoms with Crippen LogP contribution in [0, 0.1) is 5.41 Å². The molecule has 24 heavy (non-hydrogen) atoms. The molecular weight excluding hydrogens is 300 g/mol. The summed E-state index contributed by atoms with van der Waals surface area (Å²) in [6, 6.07) is 19.3. The fraction of sp³-hybridized carbons (Fsp3) is 0.263. The number of rotatable bonds is 5. The van der Waals surface area contributed by atoms with Crippen molar-refractivity contribution in [2.24, 2.45) is 0 Å². The molecule has 0 spiro atoms. The van der Waals surface area contributed by atoms with Gasteiger partial charge in [0.05, 0.1) is 0 Å². The first-order chi connectivity index (χ1) is 11.6. The average molecular weight is 322 g/mol. The van der Waals surface area contributed by atoms with E-state index in [1.165, 1.54) is 4.90 Å². The number of guanidine groups is 1. The van der Waals surface area contributed by atoms with Crippen LogP contribution in [0.3, 0.4) is 0 Å². The van der Waals surface area contributed by atoms with Crippen LogP contribution in [0.1, 0.15) is 11.1 Å². The highest BCUT2D eigenvalue weighted by molar-refractivity contribution is 6.10. The van der Waals surface area contributed by atoms with Crippen molar-refractivity contribution in [2.45, 2.75) is 5.54 Å². The zero-order valence-electron chi connectivity index (χ0n) is 14.0. The van der Waals surface area contributed by atoms with Gasteiger partial charge < -0.3 is 10.2 Å². The predicted molar refractivity (Wildman–Crippen MR) is 94.8 cm³/mol. The summed E-state index contributed by atoms with van der Waals surface area (Å²) in [5.74, 6) is 0.0429. The fourth-order valence-electron chi connectivity index (χ4n) is 3.05. The maximum atomic E-state index is 13.4. The second-order valence-corrected chi connectivity index (χ2v) is 6.22. The van der Waals surface area contributed by atoms with E-state index in [-0.39, 0.29) is 11.9 Å². The Morgan fingerprint density at radius 2 is 1.50 bits per heavy atom. The maximum absolute atomic E-state index is 13.4. The molecule has 2 aromatic carbocycles. The minimum absolute atomic E-state index is 0.105. The average Bonchev–Trinajstić information content (AvgIpc) is 2.86. The van der Waals surface area contributed by atoms with E-state index in [0.29, 0.717) is 13.1 Å². The van der Waals surface area contributed by atoms with Crippen molar-refractivity contribution in [3.63, 3.8) is 0 Å². The minimum Gasteiger partial charge on any atom is -0.334 e. The van der Waals surface area contributed by atoms with E-state index in [1.807, 2.05) is 79.7 Å². The number of hydrogen-bond donors (Lipinski definition) is 2. The molecule has 1 fully saturated rings. The molecule has 0 atom stereocenters. The lowest BCUT2D eigenvalue weighted by molar-refractivity contribution is -0.130. The second kappa shape index (κ2) is 6.45. The van der Waals surface area contributed by atoms with E-state index < -0.39 is 5.54 Å². The first-order valence-electron chi connectivity index (χ1n) is 8.00. The fourth-order valence-corrected chi connectivity index (χ4v) is 3.05. The molecule has 0 aliphatic carbocycles. The van der Waals surface area contributed by atoms with E-state index in [1.54, 1.807) is 0 Å². The lowest BCUT2D eigenvalue weighted by atomic mass is 9.82. The molecule has 0 radical (unpaired) electrons. The van der Waals surface area contributed by atoms with Crippen molar-refractivity contribution >= 4 is 11.9 Å². The number of amides is 1. The molecule has 1 saturated heterocycles. The third-order valence-corrected chi connectivity index (χ3v) is 4.33. The summed E-state index contributed by atoms with van der Waals surface area (Å²) in [6.45, 7) is 1.19. The van der Waals surface area contributed by atoms with Crippen LogP contribution < -0.4 is 5.32 Å². The molecular formula is C19H22N4O. The van der Waals surface area contributed by atoms with Gasteiger partial charge in [0.25, 0.3) is 5.91 Å². The lowest BCUT2D eigenvalue weighted by Crippen LogP contribution is -2.45. The smallest absolute Gasteiger partial charge is 0.264 e. The zero-order chi connectivity index (χ0) is 17.2. The van der Waals surface area contributed by atoms with Gasteiger partial charge in [0, 0.05) is 13.1 Å². The molecule has 0 bridgehead atoms. The van der Waals surface area contributed by atoms with Crippen LogP contribution in [0.4, 0.5) is 0 Å². The number of likely N-dealkylation sites (N-methyl/N-ethyl adjacent to an activating group) is 1. The molecule has 1 aliphatic heterocycles. The molecule has 1 amide bonds. The molecule has 0 aromatic heterocycles. The van der Waals surface area contributed by atoms with E-state index in [4.69, 9.17) is 5.41 Å². The summed E-state index contributed by atoms with van der Waals surface area (Å²) < 4.78 is 0. The zero-order valence-corrected chi connectivity index (χ0v) is 14.0. The Labute approximate surface area is 142 Å². The van der Waals surface area contributed by atoms with Crippen LogP contribution in [-0.4, -0.2) is 48.9 Å². The molecule has 124 valence electrons. The van der Waals surface area contributed by atoms with E-state index in [9.17, 15) is 4.79 Å². The SMILES string of the molecule is CN(C)CCN1C(=N)NC(c2ccccc2)(c2ccccc2)C1=O. The molecule has 0 saturated carbocycles. The van der Waals surface area contributed by atoms with Gasteiger partial charge in [-0.1, -0.05) is 60.7 Å². The van der Waals surface area contributed by atoms with Crippen LogP contribution in [0.2, 0.25) is 0 Å². The Morgan fingerprint density at radius 3 is 1.96 bits per heavy atom. The number of carbonyl (C=O) groups excluding carboxylic acids is 1. The van der Waals surface area contributed by atoms with Gasteiger partial charge in [0.1, 0.15) is 0 Å². The highest BCUT2D eigenvalue weighted by atomic mass is 16.2. The van der Waals surface area contributed by atoms with Gasteiger partial charge in [-0.25, -0.2) is 0 Å². The number of benzene rings is 2. The van der Waals surface area contributed by atoms with Gasteiger partial charge in [0.2, 0.25) is 0 Å². The van der Waals surface area contributed by atoms with Crippen molar-refractivity contribution in [2.75, 3.05) is 27.2 Å². The largest absolute Gasteiger partial charge is 0.334 e. The van der Waals surface area contributed by atoms with Crippen LogP contribution in [0.5, 0.6) is 0 Å². The summed E-state index contributed by atoms with van der Waals surface area (Å²) in [4.78, 5) is 16.9. The van der Waals surface area contributed by atoms with Crippen LogP contribution in [-0.2, 0) is 10.3 Å². The van der Waals surface area contributed by atoms with Gasteiger partial charge in [-0.2, -0.15) is 0 Å².